The Bertz CT molecular complexity index is 668. The third-order valence-electron chi connectivity index (χ3n) is 3.51. The Kier molecular flexibility index (Phi) is 11.3. The van der Waals surface area contributed by atoms with Crippen molar-refractivity contribution in [2.45, 2.75) is 19.4 Å². The molecule has 1 heterocycles. The molecule has 144 valence electrons. The van der Waals surface area contributed by atoms with Gasteiger partial charge < -0.3 is 19.8 Å². The molecule has 0 spiro atoms. The van der Waals surface area contributed by atoms with Gasteiger partial charge in [0.1, 0.15) is 18.2 Å². The van der Waals surface area contributed by atoms with E-state index < -0.39 is 0 Å². The van der Waals surface area contributed by atoms with Crippen LogP contribution in [0.3, 0.4) is 0 Å². The second-order valence-corrected chi connectivity index (χ2v) is 5.80. The third kappa shape index (κ3) is 8.37. The maximum atomic E-state index is 13.0. The fourth-order valence-corrected chi connectivity index (χ4v) is 2.47. The van der Waals surface area contributed by atoms with Gasteiger partial charge in [-0.05, 0) is 42.7 Å². The number of nitrogens with one attached hydrogen (secondary N) is 2. The van der Waals surface area contributed by atoms with E-state index >= 15 is 0 Å². The molecule has 0 atom stereocenters. The molecule has 0 saturated heterocycles. The summed E-state index contributed by atoms with van der Waals surface area (Å²) in [5.74, 6) is 1.21. The number of guanidine groups is 1. The lowest BCUT2D eigenvalue weighted by Gasteiger charge is -2.12. The van der Waals surface area contributed by atoms with Gasteiger partial charge in [0.2, 0.25) is 0 Å². The van der Waals surface area contributed by atoms with Crippen LogP contribution >= 0.6 is 35.6 Å². The summed E-state index contributed by atoms with van der Waals surface area (Å²) in [7, 11) is 1.72. The van der Waals surface area contributed by atoms with E-state index in [4.69, 9.17) is 20.8 Å². The molecule has 0 fully saturated rings. The van der Waals surface area contributed by atoms with Gasteiger partial charge in [-0.15, -0.1) is 24.0 Å². The molecule has 8 heteroatoms. The summed E-state index contributed by atoms with van der Waals surface area (Å²) < 4.78 is 23.7. The molecule has 26 heavy (non-hydrogen) atoms. The van der Waals surface area contributed by atoms with Crippen molar-refractivity contribution >= 4 is 41.5 Å². The number of ether oxygens (including phenoxy) is 1. The Balaban J connectivity index is 0.00000338. The van der Waals surface area contributed by atoms with E-state index in [9.17, 15) is 4.39 Å². The monoisotopic (exact) mass is 495 g/mol. The van der Waals surface area contributed by atoms with Crippen molar-refractivity contribution in [2.24, 2.45) is 4.99 Å². The van der Waals surface area contributed by atoms with Crippen LogP contribution in [0.15, 0.2) is 46.0 Å². The van der Waals surface area contributed by atoms with Crippen molar-refractivity contribution < 1.29 is 13.5 Å². The van der Waals surface area contributed by atoms with E-state index in [0.29, 0.717) is 37.2 Å². The topological polar surface area (TPSA) is 58.8 Å². The van der Waals surface area contributed by atoms with Gasteiger partial charge in [-0.2, -0.15) is 0 Å². The van der Waals surface area contributed by atoms with Crippen LogP contribution in [0, 0.1) is 5.82 Å². The zero-order valence-corrected chi connectivity index (χ0v) is 17.7. The first-order chi connectivity index (χ1) is 12.2. The van der Waals surface area contributed by atoms with Gasteiger partial charge in [-0.25, -0.2) is 4.39 Å². The van der Waals surface area contributed by atoms with Gasteiger partial charge in [0.15, 0.2) is 5.96 Å². The number of nitrogens with zero attached hydrogens (tertiary/aromatic N) is 1. The zero-order valence-electron chi connectivity index (χ0n) is 14.6. The fourth-order valence-electron chi connectivity index (χ4n) is 2.21. The number of furan rings is 1. The number of hydrogen-bond donors (Lipinski definition) is 2. The summed E-state index contributed by atoms with van der Waals surface area (Å²) in [5, 5.41) is 6.86. The van der Waals surface area contributed by atoms with Crippen molar-refractivity contribution in [3.63, 3.8) is 0 Å². The maximum Gasteiger partial charge on any atom is 0.190 e. The van der Waals surface area contributed by atoms with E-state index in [1.54, 1.807) is 19.4 Å². The minimum absolute atomic E-state index is 0. The Labute approximate surface area is 175 Å². The molecular formula is C18H24ClFIN3O2. The van der Waals surface area contributed by atoms with E-state index in [1.165, 1.54) is 12.1 Å². The average molecular weight is 496 g/mol. The number of hydrogen-bond acceptors (Lipinski definition) is 3. The molecule has 1 aromatic heterocycles. The Morgan fingerprint density at radius 3 is 2.77 bits per heavy atom. The van der Waals surface area contributed by atoms with Crippen LogP contribution in [0.25, 0.3) is 0 Å². The minimum atomic E-state index is -0.326. The second-order valence-electron chi connectivity index (χ2n) is 5.40. The molecule has 2 N–H and O–H groups in total. The highest BCUT2D eigenvalue weighted by Gasteiger charge is 2.03. The number of benzene rings is 1. The molecule has 0 saturated carbocycles. The van der Waals surface area contributed by atoms with Crippen LogP contribution in [-0.4, -0.2) is 32.7 Å². The summed E-state index contributed by atoms with van der Waals surface area (Å²) in [4.78, 5) is 4.16. The minimum Gasteiger partial charge on any atom is -0.467 e. The predicted octanol–water partition coefficient (Wildman–Crippen LogP) is 4.00. The van der Waals surface area contributed by atoms with Gasteiger partial charge in [-0.3, -0.25) is 4.99 Å². The van der Waals surface area contributed by atoms with Crippen molar-refractivity contribution in [1.82, 2.24) is 10.6 Å². The van der Waals surface area contributed by atoms with Crippen LogP contribution in [0.5, 0.6) is 0 Å². The van der Waals surface area contributed by atoms with Crippen molar-refractivity contribution in [3.05, 3.63) is 58.8 Å². The predicted molar refractivity (Wildman–Crippen MR) is 113 cm³/mol. The molecule has 5 nitrogen and oxygen atoms in total. The molecule has 0 radical (unpaired) electrons. The Hall–Kier alpha value is -1.32. The van der Waals surface area contributed by atoms with Crippen LogP contribution < -0.4 is 10.6 Å². The lowest BCUT2D eigenvalue weighted by molar-refractivity contribution is 0.105. The quantitative estimate of drug-likeness (QED) is 0.239. The smallest absolute Gasteiger partial charge is 0.190 e. The van der Waals surface area contributed by atoms with Crippen LogP contribution in [-0.2, 0) is 17.8 Å². The number of halogens is 3. The maximum absolute atomic E-state index is 13.0. The average Bonchev–Trinajstić information content (AvgIpc) is 3.11. The normalized spacial score (nSPS) is 11.1. The van der Waals surface area contributed by atoms with Crippen LogP contribution in [0.1, 0.15) is 17.7 Å². The summed E-state index contributed by atoms with van der Waals surface area (Å²) >= 11 is 6.01. The standard InChI is InChI=1S/C18H23ClFN3O2.HI/c1-21-18(22-8-3-10-24-13-16-4-2-11-25-16)23-9-7-14-5-6-15(20)12-17(14)19;/h2,4-6,11-12H,3,7-10,13H2,1H3,(H2,21,22,23);1H. The van der Waals surface area contributed by atoms with E-state index in [1.807, 2.05) is 12.1 Å². The Morgan fingerprint density at radius 2 is 2.08 bits per heavy atom. The fraction of sp³-hybridized carbons (Fsp3) is 0.389. The lowest BCUT2D eigenvalue weighted by atomic mass is 10.1. The van der Waals surface area contributed by atoms with Gasteiger partial charge in [0.05, 0.1) is 6.26 Å². The SMILES string of the molecule is CN=C(NCCCOCc1ccco1)NCCc1ccc(F)cc1Cl.I. The molecule has 0 aliphatic carbocycles. The summed E-state index contributed by atoms with van der Waals surface area (Å²) in [6, 6.07) is 8.17. The largest absolute Gasteiger partial charge is 0.467 e. The summed E-state index contributed by atoms with van der Waals surface area (Å²) in [6.45, 7) is 2.52. The highest BCUT2D eigenvalue weighted by Crippen LogP contribution is 2.17. The summed E-state index contributed by atoms with van der Waals surface area (Å²) in [5.41, 5.74) is 0.900. The van der Waals surface area contributed by atoms with Crippen molar-refractivity contribution in [1.29, 1.82) is 0 Å². The molecule has 0 aliphatic rings. The summed E-state index contributed by atoms with van der Waals surface area (Å²) in [6.07, 6.45) is 3.17. The van der Waals surface area contributed by atoms with E-state index in [0.717, 1.165) is 24.3 Å². The van der Waals surface area contributed by atoms with Crippen LogP contribution in [0.2, 0.25) is 5.02 Å². The molecular weight excluding hydrogens is 472 g/mol. The van der Waals surface area contributed by atoms with Gasteiger partial charge in [0.25, 0.3) is 0 Å². The molecule has 2 aromatic rings. The van der Waals surface area contributed by atoms with Crippen molar-refractivity contribution in [2.75, 3.05) is 26.7 Å². The first kappa shape index (κ1) is 22.7. The molecule has 0 unspecified atom stereocenters. The second kappa shape index (κ2) is 12.9. The molecule has 1 aromatic carbocycles. The molecule has 0 bridgehead atoms. The van der Waals surface area contributed by atoms with Gasteiger partial charge >= 0.3 is 0 Å². The molecule has 0 amide bonds. The lowest BCUT2D eigenvalue weighted by Crippen LogP contribution is -2.39. The van der Waals surface area contributed by atoms with Gasteiger partial charge in [-0.1, -0.05) is 17.7 Å². The first-order valence-corrected chi connectivity index (χ1v) is 8.55. The number of aliphatic imine (C=N–C) groups is 1. The van der Waals surface area contributed by atoms with E-state index in [2.05, 4.69) is 15.6 Å². The number of rotatable bonds is 9. The first-order valence-electron chi connectivity index (χ1n) is 8.17. The van der Waals surface area contributed by atoms with Gasteiger partial charge in [0, 0.05) is 31.8 Å². The highest BCUT2D eigenvalue weighted by atomic mass is 127. The molecule has 2 rings (SSSR count). The molecule has 0 aliphatic heterocycles. The van der Waals surface area contributed by atoms with E-state index in [-0.39, 0.29) is 29.8 Å². The van der Waals surface area contributed by atoms with Crippen LogP contribution in [0.4, 0.5) is 4.39 Å². The van der Waals surface area contributed by atoms with Crippen molar-refractivity contribution in [3.8, 4) is 0 Å². The zero-order chi connectivity index (χ0) is 17.9. The highest BCUT2D eigenvalue weighted by molar-refractivity contribution is 14.0. The third-order valence-corrected chi connectivity index (χ3v) is 3.86. The Morgan fingerprint density at radius 1 is 1.27 bits per heavy atom.